The number of benzene rings is 2. The van der Waals surface area contributed by atoms with Gasteiger partial charge in [-0.1, -0.05) is 35.9 Å². The lowest BCUT2D eigenvalue weighted by molar-refractivity contribution is 0.573. The molecule has 0 aliphatic heterocycles. The van der Waals surface area contributed by atoms with E-state index in [-0.39, 0.29) is 5.82 Å². The zero-order chi connectivity index (χ0) is 14.5. The first kappa shape index (κ1) is 14.7. The summed E-state index contributed by atoms with van der Waals surface area (Å²) >= 11 is 0. The van der Waals surface area contributed by atoms with Crippen LogP contribution >= 0.6 is 0 Å². The van der Waals surface area contributed by atoms with Crippen LogP contribution in [0, 0.1) is 19.7 Å². The highest BCUT2D eigenvalue weighted by Crippen LogP contribution is 2.18. The summed E-state index contributed by atoms with van der Waals surface area (Å²) in [5, 5.41) is 3.54. The van der Waals surface area contributed by atoms with Crippen molar-refractivity contribution in [3.63, 3.8) is 0 Å². The number of aryl methyl sites for hydroxylation is 2. The molecule has 0 aromatic heterocycles. The Kier molecular flexibility index (Phi) is 4.91. The topological polar surface area (TPSA) is 12.0 Å². The highest BCUT2D eigenvalue weighted by atomic mass is 19.1. The summed E-state index contributed by atoms with van der Waals surface area (Å²) in [6, 6.07) is 13.6. The molecule has 0 aliphatic carbocycles. The zero-order valence-electron chi connectivity index (χ0n) is 12.4. The first-order chi connectivity index (χ1) is 9.56. The van der Waals surface area contributed by atoms with Crippen molar-refractivity contribution in [2.45, 2.75) is 33.2 Å². The molecular weight excluding hydrogens is 249 g/mol. The maximum absolute atomic E-state index is 12.8. The second-order valence-corrected chi connectivity index (χ2v) is 5.41. The molecule has 0 amide bonds. The van der Waals surface area contributed by atoms with E-state index in [0.717, 1.165) is 18.5 Å². The third-order valence-corrected chi connectivity index (χ3v) is 3.68. The molecule has 2 aromatic carbocycles. The Labute approximate surface area is 120 Å². The van der Waals surface area contributed by atoms with Gasteiger partial charge in [0.15, 0.2) is 0 Å². The normalized spacial score (nSPS) is 12.4. The van der Waals surface area contributed by atoms with Gasteiger partial charge in [0.2, 0.25) is 0 Å². The average molecular weight is 271 g/mol. The van der Waals surface area contributed by atoms with Crippen LogP contribution in [0.3, 0.4) is 0 Å². The Morgan fingerprint density at radius 1 is 1.05 bits per heavy atom. The van der Waals surface area contributed by atoms with Crippen LogP contribution in [-0.2, 0) is 6.42 Å². The van der Waals surface area contributed by atoms with Gasteiger partial charge in [0, 0.05) is 6.04 Å². The highest BCUT2D eigenvalue weighted by Gasteiger charge is 2.07. The molecule has 0 saturated heterocycles. The standard InChI is InChI=1S/C18H22FN/c1-13-4-5-14(2)18(12-13)15(3)20-11-10-16-6-8-17(19)9-7-16/h4-9,12,15,20H,10-11H2,1-3H3. The predicted molar refractivity (Wildman–Crippen MR) is 82.4 cm³/mol. The number of nitrogens with one attached hydrogen (secondary N) is 1. The third kappa shape index (κ3) is 3.91. The summed E-state index contributed by atoms with van der Waals surface area (Å²) in [4.78, 5) is 0. The van der Waals surface area contributed by atoms with Gasteiger partial charge in [-0.15, -0.1) is 0 Å². The van der Waals surface area contributed by atoms with Crippen LogP contribution in [0.5, 0.6) is 0 Å². The maximum atomic E-state index is 12.8. The number of rotatable bonds is 5. The lowest BCUT2D eigenvalue weighted by Crippen LogP contribution is -2.22. The fourth-order valence-electron chi connectivity index (χ4n) is 2.42. The predicted octanol–water partition coefficient (Wildman–Crippen LogP) is 4.34. The van der Waals surface area contributed by atoms with Crippen LogP contribution in [0.2, 0.25) is 0 Å². The van der Waals surface area contributed by atoms with Crippen LogP contribution in [0.25, 0.3) is 0 Å². The largest absolute Gasteiger partial charge is 0.310 e. The number of halogens is 1. The molecule has 0 bridgehead atoms. The lowest BCUT2D eigenvalue weighted by atomic mass is 10.00. The molecule has 2 rings (SSSR count). The van der Waals surface area contributed by atoms with Crippen LogP contribution in [0.15, 0.2) is 42.5 Å². The molecule has 0 heterocycles. The summed E-state index contributed by atoms with van der Waals surface area (Å²) in [6.07, 6.45) is 0.912. The summed E-state index contributed by atoms with van der Waals surface area (Å²) in [5.41, 5.74) is 5.12. The lowest BCUT2D eigenvalue weighted by Gasteiger charge is -2.17. The molecule has 2 aromatic rings. The first-order valence-electron chi connectivity index (χ1n) is 7.11. The van der Waals surface area contributed by atoms with E-state index in [9.17, 15) is 4.39 Å². The van der Waals surface area contributed by atoms with Gasteiger partial charge in [0.1, 0.15) is 5.82 Å². The monoisotopic (exact) mass is 271 g/mol. The Hall–Kier alpha value is -1.67. The molecule has 0 fully saturated rings. The van der Waals surface area contributed by atoms with Crippen molar-refractivity contribution >= 4 is 0 Å². The molecule has 0 radical (unpaired) electrons. The smallest absolute Gasteiger partial charge is 0.123 e. The van der Waals surface area contributed by atoms with Gasteiger partial charge in [0.25, 0.3) is 0 Å². The molecular formula is C18H22FN. The van der Waals surface area contributed by atoms with Crippen molar-refractivity contribution in [3.05, 3.63) is 70.5 Å². The van der Waals surface area contributed by atoms with Crippen LogP contribution < -0.4 is 5.32 Å². The molecule has 1 unspecified atom stereocenters. The van der Waals surface area contributed by atoms with Crippen LogP contribution in [0.4, 0.5) is 4.39 Å². The van der Waals surface area contributed by atoms with Gasteiger partial charge in [0.05, 0.1) is 0 Å². The Morgan fingerprint density at radius 2 is 1.75 bits per heavy atom. The Balaban J connectivity index is 1.90. The number of hydrogen-bond acceptors (Lipinski definition) is 1. The molecule has 20 heavy (non-hydrogen) atoms. The van der Waals surface area contributed by atoms with Crippen molar-refractivity contribution in [1.29, 1.82) is 0 Å². The fourth-order valence-corrected chi connectivity index (χ4v) is 2.42. The van der Waals surface area contributed by atoms with Gasteiger partial charge >= 0.3 is 0 Å². The Bertz CT molecular complexity index is 560. The van der Waals surface area contributed by atoms with Gasteiger partial charge in [-0.25, -0.2) is 4.39 Å². The highest BCUT2D eigenvalue weighted by molar-refractivity contribution is 5.32. The second kappa shape index (κ2) is 6.67. The third-order valence-electron chi connectivity index (χ3n) is 3.68. The molecule has 1 atom stereocenters. The van der Waals surface area contributed by atoms with Gasteiger partial charge in [-0.05, 0) is 62.6 Å². The van der Waals surface area contributed by atoms with Crippen molar-refractivity contribution in [3.8, 4) is 0 Å². The van der Waals surface area contributed by atoms with E-state index in [1.165, 1.54) is 28.8 Å². The molecule has 0 aliphatic rings. The molecule has 1 nitrogen and oxygen atoms in total. The van der Waals surface area contributed by atoms with Crippen LogP contribution in [-0.4, -0.2) is 6.54 Å². The van der Waals surface area contributed by atoms with E-state index in [0.29, 0.717) is 6.04 Å². The van der Waals surface area contributed by atoms with Crippen molar-refractivity contribution in [2.75, 3.05) is 6.54 Å². The van der Waals surface area contributed by atoms with Gasteiger partial charge < -0.3 is 5.32 Å². The fraction of sp³-hybridized carbons (Fsp3) is 0.333. The van der Waals surface area contributed by atoms with E-state index >= 15 is 0 Å². The summed E-state index contributed by atoms with van der Waals surface area (Å²) in [5.74, 6) is -0.175. The van der Waals surface area contributed by atoms with Crippen molar-refractivity contribution < 1.29 is 4.39 Å². The minimum absolute atomic E-state index is 0.175. The molecule has 1 N–H and O–H groups in total. The summed E-state index contributed by atoms with van der Waals surface area (Å²) < 4.78 is 12.8. The van der Waals surface area contributed by atoms with Crippen molar-refractivity contribution in [1.82, 2.24) is 5.32 Å². The Morgan fingerprint density at radius 3 is 2.45 bits per heavy atom. The van der Waals surface area contributed by atoms with E-state index in [2.05, 4.69) is 44.3 Å². The van der Waals surface area contributed by atoms with Crippen LogP contribution in [0.1, 0.15) is 35.2 Å². The number of hydrogen-bond donors (Lipinski definition) is 1. The molecule has 0 spiro atoms. The van der Waals surface area contributed by atoms with E-state index in [1.807, 2.05) is 12.1 Å². The molecule has 0 saturated carbocycles. The van der Waals surface area contributed by atoms with E-state index in [4.69, 9.17) is 0 Å². The van der Waals surface area contributed by atoms with E-state index < -0.39 is 0 Å². The van der Waals surface area contributed by atoms with Crippen molar-refractivity contribution in [2.24, 2.45) is 0 Å². The summed E-state index contributed by atoms with van der Waals surface area (Å²) in [6.45, 7) is 7.34. The SMILES string of the molecule is Cc1ccc(C)c(C(C)NCCc2ccc(F)cc2)c1. The van der Waals surface area contributed by atoms with Gasteiger partial charge in [-0.2, -0.15) is 0 Å². The van der Waals surface area contributed by atoms with Gasteiger partial charge in [-0.3, -0.25) is 0 Å². The minimum Gasteiger partial charge on any atom is -0.310 e. The summed E-state index contributed by atoms with van der Waals surface area (Å²) in [7, 11) is 0. The second-order valence-electron chi connectivity index (χ2n) is 5.41. The molecule has 106 valence electrons. The quantitative estimate of drug-likeness (QED) is 0.853. The van der Waals surface area contributed by atoms with E-state index in [1.54, 1.807) is 0 Å². The zero-order valence-corrected chi connectivity index (χ0v) is 12.4. The molecule has 2 heteroatoms. The first-order valence-corrected chi connectivity index (χ1v) is 7.11. The maximum Gasteiger partial charge on any atom is 0.123 e. The minimum atomic E-state index is -0.175. The average Bonchev–Trinajstić information content (AvgIpc) is 2.43.